The number of hydrogen-bond donors (Lipinski definition) is 10. The molecule has 0 aliphatic carbocycles. The Morgan fingerprint density at radius 2 is 1.08 bits per heavy atom. The molecule has 12 N–H and O–H groups in total. The standard InChI is InChI=1S/C43H59N9O11/c1-24(2)20-30(42(61)52-37(25(3)4)38(45)57)50-41(60)31(21-27-12-8-6-9-13-27)51-40(59)29(16-17-33(44)53)48-35(55)19-18-34(54)47-26(5)39(58)46-23-36(56)49-32(43(62)63)22-28-14-10-7-11-15-28/h6-15,18-19,24-26,29-32,37H,16-17,20-23H2,1-5H3,(H2,44,53)(H2,45,57)(H,46,58)(H,47,54)(H,48,55)(H,49,56)(H,50,60)(H,51,59)(H,52,61)(H,62,63)/b19-18+/t26-,29-,30-,31-,32-,37-/m0/s1. The lowest BCUT2D eigenvalue weighted by Crippen LogP contribution is -2.59. The second kappa shape index (κ2) is 26.3. The third-order valence-corrected chi connectivity index (χ3v) is 9.32. The normalized spacial score (nSPS) is 13.9. The Bertz CT molecular complexity index is 1960. The van der Waals surface area contributed by atoms with E-state index < -0.39 is 102 Å². The topological polar surface area (TPSA) is 327 Å². The number of aliphatic carboxylic acids is 1. The molecule has 2 aromatic carbocycles. The second-order valence-corrected chi connectivity index (χ2v) is 15.6. The van der Waals surface area contributed by atoms with E-state index in [2.05, 4.69) is 37.2 Å². The molecule has 0 bridgehead atoms. The van der Waals surface area contributed by atoms with Crippen molar-refractivity contribution in [3.05, 3.63) is 83.9 Å². The molecule has 20 heteroatoms. The average molecular weight is 878 g/mol. The fourth-order valence-corrected chi connectivity index (χ4v) is 6.00. The Morgan fingerprint density at radius 1 is 0.587 bits per heavy atom. The Labute approximate surface area is 365 Å². The van der Waals surface area contributed by atoms with Crippen LogP contribution in [-0.4, -0.2) is 107 Å². The molecule has 0 aliphatic rings. The van der Waals surface area contributed by atoms with Crippen LogP contribution < -0.4 is 48.7 Å². The van der Waals surface area contributed by atoms with Gasteiger partial charge in [0.25, 0.3) is 0 Å². The maximum atomic E-state index is 13.9. The predicted octanol–water partition coefficient (Wildman–Crippen LogP) is -1.39. The SMILES string of the molecule is CC(C)C[C@H](NC(=O)[C@H](Cc1ccccc1)NC(=O)[C@H](CCC(N)=O)NC(=O)/C=C/C(=O)N[C@@H](C)C(=O)NCC(=O)N[C@@H](Cc1ccccc1)C(=O)O)C(=O)N[C@H](C(N)=O)C(C)C. The summed E-state index contributed by atoms with van der Waals surface area (Å²) in [7, 11) is 0. The van der Waals surface area contributed by atoms with Crippen LogP contribution in [0, 0.1) is 11.8 Å². The fourth-order valence-electron chi connectivity index (χ4n) is 6.00. The summed E-state index contributed by atoms with van der Waals surface area (Å²) < 4.78 is 0. The van der Waals surface area contributed by atoms with Crippen molar-refractivity contribution in [1.82, 2.24) is 37.2 Å². The zero-order chi connectivity index (χ0) is 47.2. The molecule has 9 amide bonds. The largest absolute Gasteiger partial charge is 0.480 e. The molecule has 0 saturated carbocycles. The van der Waals surface area contributed by atoms with Gasteiger partial charge in [-0.15, -0.1) is 0 Å². The highest BCUT2D eigenvalue weighted by Crippen LogP contribution is 2.11. The average Bonchev–Trinajstić information content (AvgIpc) is 3.21. The lowest BCUT2D eigenvalue weighted by Gasteiger charge is -2.27. The molecule has 0 fully saturated rings. The number of carboxylic acid groups (broad SMARTS) is 1. The van der Waals surface area contributed by atoms with Gasteiger partial charge in [-0.05, 0) is 42.7 Å². The maximum absolute atomic E-state index is 13.9. The van der Waals surface area contributed by atoms with E-state index in [4.69, 9.17) is 11.5 Å². The predicted molar refractivity (Wildman–Crippen MR) is 229 cm³/mol. The van der Waals surface area contributed by atoms with Crippen molar-refractivity contribution in [2.75, 3.05) is 6.54 Å². The molecule has 0 spiro atoms. The first kappa shape index (κ1) is 52.0. The van der Waals surface area contributed by atoms with E-state index in [1.165, 1.54) is 6.92 Å². The minimum Gasteiger partial charge on any atom is -0.480 e. The van der Waals surface area contributed by atoms with Gasteiger partial charge in [-0.3, -0.25) is 43.2 Å². The lowest BCUT2D eigenvalue weighted by atomic mass is 9.99. The summed E-state index contributed by atoms with van der Waals surface area (Å²) in [4.78, 5) is 127. The van der Waals surface area contributed by atoms with Crippen LogP contribution in [0.5, 0.6) is 0 Å². The third kappa shape index (κ3) is 19.9. The van der Waals surface area contributed by atoms with Gasteiger partial charge in [-0.25, -0.2) is 4.79 Å². The minimum atomic E-state index is -1.45. The first-order valence-corrected chi connectivity index (χ1v) is 20.3. The number of benzene rings is 2. The third-order valence-electron chi connectivity index (χ3n) is 9.32. The maximum Gasteiger partial charge on any atom is 0.326 e. The van der Waals surface area contributed by atoms with Gasteiger partial charge in [0, 0.05) is 31.4 Å². The number of carboxylic acids is 1. The number of hydrogen-bond acceptors (Lipinski definition) is 10. The van der Waals surface area contributed by atoms with E-state index >= 15 is 0 Å². The van der Waals surface area contributed by atoms with Gasteiger partial charge in [0.05, 0.1) is 6.54 Å². The first-order valence-electron chi connectivity index (χ1n) is 20.3. The summed E-state index contributed by atoms with van der Waals surface area (Å²) in [6, 6.07) is 9.79. The number of primary amides is 2. The fraction of sp³-hybridized carbons (Fsp3) is 0.442. The number of carbonyl (C=O) groups excluding carboxylic acids is 9. The van der Waals surface area contributed by atoms with Gasteiger partial charge in [0.1, 0.15) is 36.3 Å². The van der Waals surface area contributed by atoms with E-state index in [9.17, 15) is 53.1 Å². The van der Waals surface area contributed by atoms with Crippen molar-refractivity contribution in [3.8, 4) is 0 Å². The molecule has 63 heavy (non-hydrogen) atoms. The molecule has 0 heterocycles. The van der Waals surface area contributed by atoms with Gasteiger partial charge >= 0.3 is 5.97 Å². The number of amides is 9. The van der Waals surface area contributed by atoms with Gasteiger partial charge in [0.2, 0.25) is 53.2 Å². The highest BCUT2D eigenvalue weighted by molar-refractivity contribution is 6.01. The summed E-state index contributed by atoms with van der Waals surface area (Å²) in [6.07, 6.45) is 0.967. The van der Waals surface area contributed by atoms with Crippen LogP contribution in [0.4, 0.5) is 0 Å². The molecule has 2 rings (SSSR count). The molecule has 0 saturated heterocycles. The van der Waals surface area contributed by atoms with Crippen LogP contribution in [0.25, 0.3) is 0 Å². The second-order valence-electron chi connectivity index (χ2n) is 15.6. The van der Waals surface area contributed by atoms with Crippen LogP contribution in [0.1, 0.15) is 65.0 Å². The highest BCUT2D eigenvalue weighted by Gasteiger charge is 2.32. The van der Waals surface area contributed by atoms with Crippen molar-refractivity contribution in [3.63, 3.8) is 0 Å². The van der Waals surface area contributed by atoms with Crippen LogP contribution in [0.15, 0.2) is 72.8 Å². The van der Waals surface area contributed by atoms with Crippen LogP contribution in [0.3, 0.4) is 0 Å². The molecule has 0 aliphatic heterocycles. The van der Waals surface area contributed by atoms with Crippen LogP contribution >= 0.6 is 0 Å². The minimum absolute atomic E-state index is 0.00577. The van der Waals surface area contributed by atoms with Crippen molar-refractivity contribution in [2.45, 2.75) is 103 Å². The zero-order valence-corrected chi connectivity index (χ0v) is 36.0. The zero-order valence-electron chi connectivity index (χ0n) is 36.0. The lowest BCUT2D eigenvalue weighted by molar-refractivity contribution is -0.141. The highest BCUT2D eigenvalue weighted by atomic mass is 16.4. The first-order chi connectivity index (χ1) is 29.7. The van der Waals surface area contributed by atoms with E-state index in [0.717, 1.165) is 12.2 Å². The number of rotatable bonds is 26. The van der Waals surface area contributed by atoms with E-state index in [0.29, 0.717) is 11.1 Å². The van der Waals surface area contributed by atoms with Gasteiger partial charge in [0.15, 0.2) is 0 Å². The van der Waals surface area contributed by atoms with E-state index in [-0.39, 0.29) is 43.9 Å². The molecule has 2 aromatic rings. The summed E-state index contributed by atoms with van der Waals surface area (Å²) in [5, 5.41) is 26.7. The van der Waals surface area contributed by atoms with Crippen molar-refractivity contribution in [2.24, 2.45) is 23.3 Å². The summed E-state index contributed by atoms with van der Waals surface area (Å²) in [5.41, 5.74) is 12.1. The Morgan fingerprint density at radius 3 is 1.57 bits per heavy atom. The molecule has 0 unspecified atom stereocenters. The van der Waals surface area contributed by atoms with Crippen LogP contribution in [0.2, 0.25) is 0 Å². The van der Waals surface area contributed by atoms with Crippen molar-refractivity contribution >= 4 is 59.1 Å². The summed E-state index contributed by atoms with van der Waals surface area (Å²) in [6.45, 7) is 7.73. The molecule has 0 radical (unpaired) electrons. The molecule has 6 atom stereocenters. The Hall–Kier alpha value is -7.12. The molecule has 0 aromatic heterocycles. The molecule has 342 valence electrons. The van der Waals surface area contributed by atoms with Crippen LogP contribution in [-0.2, 0) is 60.8 Å². The number of nitrogens with one attached hydrogen (secondary N) is 7. The number of carbonyl (C=O) groups is 10. The monoisotopic (exact) mass is 877 g/mol. The van der Waals surface area contributed by atoms with E-state index in [1.54, 1.807) is 74.5 Å². The summed E-state index contributed by atoms with van der Waals surface area (Å²) >= 11 is 0. The Kier molecular flexibility index (Phi) is 21.7. The van der Waals surface area contributed by atoms with Crippen molar-refractivity contribution in [1.29, 1.82) is 0 Å². The van der Waals surface area contributed by atoms with Gasteiger partial charge < -0.3 is 53.8 Å². The smallest absolute Gasteiger partial charge is 0.326 e. The molecular formula is C43H59N9O11. The van der Waals surface area contributed by atoms with E-state index in [1.807, 2.05) is 13.8 Å². The van der Waals surface area contributed by atoms with Gasteiger partial charge in [-0.1, -0.05) is 88.4 Å². The van der Waals surface area contributed by atoms with Gasteiger partial charge in [-0.2, -0.15) is 0 Å². The van der Waals surface area contributed by atoms with Crippen molar-refractivity contribution < 1.29 is 53.1 Å². The number of nitrogens with two attached hydrogens (primary N) is 2. The summed E-state index contributed by atoms with van der Waals surface area (Å²) in [5.74, 6) is -9.09. The molecular weight excluding hydrogens is 819 g/mol. The molecule has 20 nitrogen and oxygen atoms in total. The quantitative estimate of drug-likeness (QED) is 0.0491. The Balaban J connectivity index is 2.13.